The number of carbonyl (C=O) groups is 1. The van der Waals surface area contributed by atoms with E-state index in [1.54, 1.807) is 0 Å². The van der Waals surface area contributed by atoms with Gasteiger partial charge in [-0.15, -0.1) is 0 Å². The van der Waals surface area contributed by atoms with Crippen molar-refractivity contribution < 1.29 is 22.4 Å². The minimum Gasteiger partial charge on any atom is -0.344 e. The molecule has 0 aliphatic rings. The highest BCUT2D eigenvalue weighted by Crippen LogP contribution is 2.24. The molecule has 0 radical (unpaired) electrons. The van der Waals surface area contributed by atoms with Gasteiger partial charge in [0, 0.05) is 12.4 Å². The number of halogens is 4. The standard InChI is InChI=1S/C10H10F4N2O/c1-6(7-2-4-15-5-3-7)16-9(17)10(13,14)8(11)12/h2-6,8H,1H3,(H,16,17)/t6-/m1/s1. The van der Waals surface area contributed by atoms with E-state index in [1.165, 1.54) is 31.5 Å². The van der Waals surface area contributed by atoms with Crippen LogP contribution in [0.15, 0.2) is 24.5 Å². The van der Waals surface area contributed by atoms with Crippen molar-refractivity contribution in [3.05, 3.63) is 30.1 Å². The molecule has 0 aliphatic heterocycles. The normalized spacial score (nSPS) is 13.5. The van der Waals surface area contributed by atoms with Crippen molar-refractivity contribution in [3.63, 3.8) is 0 Å². The van der Waals surface area contributed by atoms with Gasteiger partial charge >= 0.3 is 12.3 Å². The molecule has 1 rings (SSSR count). The fourth-order valence-corrected chi connectivity index (χ4v) is 1.13. The number of pyridine rings is 1. The van der Waals surface area contributed by atoms with Gasteiger partial charge < -0.3 is 5.32 Å². The maximum absolute atomic E-state index is 12.6. The lowest BCUT2D eigenvalue weighted by molar-refractivity contribution is -0.170. The van der Waals surface area contributed by atoms with Crippen LogP contribution in [0.3, 0.4) is 0 Å². The Hall–Kier alpha value is -1.66. The summed E-state index contributed by atoms with van der Waals surface area (Å²) in [6.45, 7) is 1.41. The van der Waals surface area contributed by atoms with Gasteiger partial charge in [0.15, 0.2) is 0 Å². The quantitative estimate of drug-likeness (QED) is 0.832. The fourth-order valence-electron chi connectivity index (χ4n) is 1.13. The number of alkyl halides is 4. The van der Waals surface area contributed by atoms with Crippen molar-refractivity contribution in [2.75, 3.05) is 0 Å². The van der Waals surface area contributed by atoms with E-state index in [1.807, 2.05) is 5.32 Å². The van der Waals surface area contributed by atoms with Crippen LogP contribution in [-0.2, 0) is 4.79 Å². The third kappa shape index (κ3) is 3.15. The summed E-state index contributed by atoms with van der Waals surface area (Å²) in [4.78, 5) is 14.6. The third-order valence-electron chi connectivity index (χ3n) is 2.13. The van der Waals surface area contributed by atoms with E-state index >= 15 is 0 Å². The number of nitrogens with one attached hydrogen (secondary N) is 1. The van der Waals surface area contributed by atoms with Gasteiger partial charge in [-0.05, 0) is 24.6 Å². The molecule has 0 spiro atoms. The van der Waals surface area contributed by atoms with Crippen LogP contribution in [0.25, 0.3) is 0 Å². The second-order valence-electron chi connectivity index (χ2n) is 3.40. The molecule has 1 aromatic rings. The molecule has 0 saturated heterocycles. The zero-order valence-corrected chi connectivity index (χ0v) is 8.83. The van der Waals surface area contributed by atoms with E-state index in [9.17, 15) is 22.4 Å². The number of nitrogens with zero attached hydrogens (tertiary/aromatic N) is 1. The van der Waals surface area contributed by atoms with Gasteiger partial charge in [0.25, 0.3) is 5.91 Å². The Morgan fingerprint density at radius 1 is 1.35 bits per heavy atom. The Morgan fingerprint density at radius 2 is 1.88 bits per heavy atom. The number of hydrogen-bond donors (Lipinski definition) is 1. The Balaban J connectivity index is 2.70. The predicted molar refractivity (Wildman–Crippen MR) is 51.7 cm³/mol. The smallest absolute Gasteiger partial charge is 0.344 e. The number of carbonyl (C=O) groups excluding carboxylic acids is 1. The number of aromatic nitrogens is 1. The van der Waals surface area contributed by atoms with Crippen LogP contribution < -0.4 is 5.32 Å². The zero-order valence-electron chi connectivity index (χ0n) is 8.83. The van der Waals surface area contributed by atoms with Gasteiger partial charge in [0.05, 0.1) is 6.04 Å². The van der Waals surface area contributed by atoms with Crippen molar-refractivity contribution >= 4 is 5.91 Å². The Morgan fingerprint density at radius 3 is 2.35 bits per heavy atom. The number of amides is 1. The summed E-state index contributed by atoms with van der Waals surface area (Å²) in [5.41, 5.74) is 0.499. The van der Waals surface area contributed by atoms with E-state index in [0.717, 1.165) is 0 Å². The van der Waals surface area contributed by atoms with Crippen LogP contribution in [0.2, 0.25) is 0 Å². The summed E-state index contributed by atoms with van der Waals surface area (Å²) < 4.78 is 49.1. The Bertz CT molecular complexity index is 383. The minimum atomic E-state index is -4.68. The van der Waals surface area contributed by atoms with Gasteiger partial charge in [-0.1, -0.05) is 0 Å². The second kappa shape index (κ2) is 5.11. The first-order valence-corrected chi connectivity index (χ1v) is 4.72. The third-order valence-corrected chi connectivity index (χ3v) is 2.13. The van der Waals surface area contributed by atoms with Crippen molar-refractivity contribution in [3.8, 4) is 0 Å². The highest BCUT2D eigenvalue weighted by atomic mass is 19.3. The molecule has 1 heterocycles. The molecular formula is C10H10F4N2O. The zero-order chi connectivity index (χ0) is 13.1. The molecule has 0 unspecified atom stereocenters. The van der Waals surface area contributed by atoms with E-state index in [4.69, 9.17) is 0 Å². The molecule has 1 N–H and O–H groups in total. The maximum Gasteiger partial charge on any atom is 0.383 e. The van der Waals surface area contributed by atoms with E-state index in [0.29, 0.717) is 5.56 Å². The average molecular weight is 250 g/mol. The molecular weight excluding hydrogens is 240 g/mol. The summed E-state index contributed by atoms with van der Waals surface area (Å²) in [6, 6.07) is 2.19. The topological polar surface area (TPSA) is 42.0 Å². The molecule has 0 fully saturated rings. The summed E-state index contributed by atoms with van der Waals surface area (Å²) >= 11 is 0. The first-order chi connectivity index (χ1) is 7.85. The molecule has 1 atom stereocenters. The van der Waals surface area contributed by atoms with Gasteiger partial charge in [-0.3, -0.25) is 9.78 Å². The Labute approximate surface area is 94.8 Å². The highest BCUT2D eigenvalue weighted by Gasteiger charge is 2.49. The fraction of sp³-hybridized carbons (Fsp3) is 0.400. The molecule has 0 bridgehead atoms. The summed E-state index contributed by atoms with van der Waals surface area (Å²) in [5, 5.41) is 1.82. The molecule has 0 aliphatic carbocycles. The molecule has 1 amide bonds. The van der Waals surface area contributed by atoms with Crippen LogP contribution >= 0.6 is 0 Å². The predicted octanol–water partition coefficient (Wildman–Crippen LogP) is 2.16. The molecule has 17 heavy (non-hydrogen) atoms. The van der Waals surface area contributed by atoms with Crippen LogP contribution in [0.4, 0.5) is 17.6 Å². The van der Waals surface area contributed by atoms with Gasteiger partial charge in [0.1, 0.15) is 0 Å². The molecule has 94 valence electrons. The number of hydrogen-bond acceptors (Lipinski definition) is 2. The van der Waals surface area contributed by atoms with E-state index < -0.39 is 24.3 Å². The van der Waals surface area contributed by atoms with Crippen LogP contribution in [0.5, 0.6) is 0 Å². The molecule has 1 aromatic heterocycles. The summed E-state index contributed by atoms with van der Waals surface area (Å²) in [7, 11) is 0. The van der Waals surface area contributed by atoms with Crippen molar-refractivity contribution in [2.24, 2.45) is 0 Å². The van der Waals surface area contributed by atoms with Crippen molar-refractivity contribution in [1.29, 1.82) is 0 Å². The second-order valence-corrected chi connectivity index (χ2v) is 3.40. The van der Waals surface area contributed by atoms with Crippen molar-refractivity contribution in [1.82, 2.24) is 10.3 Å². The lowest BCUT2D eigenvalue weighted by Crippen LogP contribution is -2.45. The molecule has 0 aromatic carbocycles. The lowest BCUT2D eigenvalue weighted by atomic mass is 10.1. The number of rotatable bonds is 4. The SMILES string of the molecule is C[C@@H](NC(=O)C(F)(F)C(F)F)c1ccncc1. The molecule has 3 nitrogen and oxygen atoms in total. The van der Waals surface area contributed by atoms with Gasteiger partial charge in [-0.25, -0.2) is 8.78 Å². The van der Waals surface area contributed by atoms with Gasteiger partial charge in [0.2, 0.25) is 0 Å². The van der Waals surface area contributed by atoms with Gasteiger partial charge in [-0.2, -0.15) is 8.78 Å². The minimum absolute atomic E-state index is 0.499. The molecule has 7 heteroatoms. The molecule has 0 saturated carbocycles. The summed E-state index contributed by atoms with van der Waals surface area (Å²) in [5.74, 6) is -6.67. The largest absolute Gasteiger partial charge is 0.383 e. The first-order valence-electron chi connectivity index (χ1n) is 4.72. The van der Waals surface area contributed by atoms with Crippen LogP contribution in [0, 0.1) is 0 Å². The first kappa shape index (κ1) is 13.4. The highest BCUT2D eigenvalue weighted by molar-refractivity contribution is 5.84. The Kier molecular flexibility index (Phi) is 4.03. The van der Waals surface area contributed by atoms with Crippen molar-refractivity contribution in [2.45, 2.75) is 25.3 Å². The van der Waals surface area contributed by atoms with E-state index in [-0.39, 0.29) is 0 Å². The monoisotopic (exact) mass is 250 g/mol. The summed E-state index contributed by atoms with van der Waals surface area (Å²) in [6.07, 6.45) is -1.21. The van der Waals surface area contributed by atoms with Crippen LogP contribution in [-0.4, -0.2) is 23.2 Å². The van der Waals surface area contributed by atoms with Crippen LogP contribution in [0.1, 0.15) is 18.5 Å². The maximum atomic E-state index is 12.6. The lowest BCUT2D eigenvalue weighted by Gasteiger charge is -2.19. The average Bonchev–Trinajstić information content (AvgIpc) is 2.29. The van der Waals surface area contributed by atoms with E-state index in [2.05, 4.69) is 4.98 Å².